The molecular weight excluding hydrogens is 142 g/mol. The number of rotatable bonds is 6. The third-order valence-electron chi connectivity index (χ3n) is 1.23. The molecule has 0 heterocycles. The Morgan fingerprint density at radius 1 is 1.70 bits per heavy atom. The van der Waals surface area contributed by atoms with Gasteiger partial charge in [-0.2, -0.15) is 11.8 Å². The first kappa shape index (κ1) is 10.0. The molecule has 0 aliphatic heterocycles. The highest BCUT2D eigenvalue weighted by Gasteiger charge is 1.97. The summed E-state index contributed by atoms with van der Waals surface area (Å²) in [5.74, 6) is 2.01. The molecule has 2 heteroatoms. The number of nitrogens with one attached hydrogen (secondary N) is 1. The summed E-state index contributed by atoms with van der Waals surface area (Å²) in [4.78, 5) is 0. The van der Waals surface area contributed by atoms with Gasteiger partial charge in [-0.3, -0.25) is 0 Å². The van der Waals surface area contributed by atoms with E-state index in [1.54, 1.807) is 0 Å². The average molecular weight is 159 g/mol. The number of hydrogen-bond acceptors (Lipinski definition) is 2. The molecule has 1 unspecified atom stereocenters. The van der Waals surface area contributed by atoms with Crippen molar-refractivity contribution in [2.45, 2.75) is 6.92 Å². The van der Waals surface area contributed by atoms with E-state index in [1.807, 2.05) is 17.8 Å². The monoisotopic (exact) mass is 159 g/mol. The summed E-state index contributed by atoms with van der Waals surface area (Å²) in [6, 6.07) is 0. The molecule has 0 saturated carbocycles. The lowest BCUT2D eigenvalue weighted by atomic mass is 10.2. The minimum atomic E-state index is 0.773. The minimum Gasteiger partial charge on any atom is -0.313 e. The summed E-state index contributed by atoms with van der Waals surface area (Å²) in [6.45, 7) is 7.93. The van der Waals surface area contributed by atoms with Gasteiger partial charge < -0.3 is 5.32 Å². The summed E-state index contributed by atoms with van der Waals surface area (Å²) in [6.07, 6.45) is 4.04. The van der Waals surface area contributed by atoms with E-state index in [0.29, 0.717) is 0 Å². The largest absolute Gasteiger partial charge is 0.313 e. The van der Waals surface area contributed by atoms with E-state index in [2.05, 4.69) is 25.1 Å². The van der Waals surface area contributed by atoms with Crippen molar-refractivity contribution in [3.05, 3.63) is 12.7 Å². The molecule has 60 valence electrons. The molecule has 0 aromatic carbocycles. The normalized spacial score (nSPS) is 13.0. The van der Waals surface area contributed by atoms with Crippen molar-refractivity contribution in [1.82, 2.24) is 5.32 Å². The summed E-state index contributed by atoms with van der Waals surface area (Å²) < 4.78 is 0. The molecule has 0 aliphatic rings. The van der Waals surface area contributed by atoms with Gasteiger partial charge in [0.25, 0.3) is 0 Å². The van der Waals surface area contributed by atoms with Crippen molar-refractivity contribution in [3.63, 3.8) is 0 Å². The topological polar surface area (TPSA) is 12.0 Å². The van der Waals surface area contributed by atoms with Crippen molar-refractivity contribution in [2.24, 2.45) is 5.92 Å². The molecule has 1 nitrogen and oxygen atoms in total. The molecule has 0 fully saturated rings. The first-order valence-corrected chi connectivity index (χ1v) is 5.01. The fourth-order valence-corrected chi connectivity index (χ4v) is 1.46. The third kappa shape index (κ3) is 6.17. The fraction of sp³-hybridized carbons (Fsp3) is 0.750. The lowest BCUT2D eigenvalue weighted by Gasteiger charge is -2.08. The van der Waals surface area contributed by atoms with Crippen molar-refractivity contribution >= 4 is 11.8 Å². The lowest BCUT2D eigenvalue weighted by Crippen LogP contribution is -2.22. The molecule has 0 spiro atoms. The van der Waals surface area contributed by atoms with Gasteiger partial charge in [0.05, 0.1) is 0 Å². The maximum Gasteiger partial charge on any atom is 0.0132 e. The van der Waals surface area contributed by atoms with Crippen LogP contribution >= 0.6 is 11.8 Å². The molecule has 0 bridgehead atoms. The second-order valence-electron chi connectivity index (χ2n) is 2.51. The van der Waals surface area contributed by atoms with Gasteiger partial charge in [0.15, 0.2) is 0 Å². The summed E-state index contributed by atoms with van der Waals surface area (Å²) in [5, 5.41) is 3.29. The lowest BCUT2D eigenvalue weighted by molar-refractivity contribution is 0.585. The van der Waals surface area contributed by atoms with Gasteiger partial charge >= 0.3 is 0 Å². The zero-order valence-electron chi connectivity index (χ0n) is 6.89. The van der Waals surface area contributed by atoms with E-state index in [9.17, 15) is 0 Å². The highest BCUT2D eigenvalue weighted by molar-refractivity contribution is 7.98. The van der Waals surface area contributed by atoms with Gasteiger partial charge in [0, 0.05) is 6.54 Å². The standard InChI is InChI=1S/C8H17NS/c1-4-5-9-6-8(2)7-10-3/h4,8-9H,1,5-7H2,2-3H3. The van der Waals surface area contributed by atoms with Gasteiger partial charge in [-0.05, 0) is 24.5 Å². The van der Waals surface area contributed by atoms with Crippen LogP contribution in [0.15, 0.2) is 12.7 Å². The van der Waals surface area contributed by atoms with Crippen LogP contribution in [0.3, 0.4) is 0 Å². The van der Waals surface area contributed by atoms with Crippen LogP contribution in [0.2, 0.25) is 0 Å². The minimum absolute atomic E-state index is 0.773. The van der Waals surface area contributed by atoms with E-state index in [4.69, 9.17) is 0 Å². The molecule has 0 saturated heterocycles. The molecule has 0 amide bonds. The second-order valence-corrected chi connectivity index (χ2v) is 3.42. The predicted molar refractivity (Wildman–Crippen MR) is 50.6 cm³/mol. The van der Waals surface area contributed by atoms with Crippen molar-refractivity contribution in [2.75, 3.05) is 25.1 Å². The SMILES string of the molecule is C=CCNCC(C)CSC. The van der Waals surface area contributed by atoms with Crippen LogP contribution in [-0.2, 0) is 0 Å². The number of hydrogen-bond donors (Lipinski definition) is 1. The molecular formula is C8H17NS. The maximum absolute atomic E-state index is 3.64. The van der Waals surface area contributed by atoms with E-state index < -0.39 is 0 Å². The van der Waals surface area contributed by atoms with Gasteiger partial charge in [0.1, 0.15) is 0 Å². The molecule has 0 aromatic rings. The average Bonchev–Trinajstić information content (AvgIpc) is 1.89. The third-order valence-corrected chi connectivity index (χ3v) is 2.14. The molecule has 0 rings (SSSR count). The number of thioether (sulfide) groups is 1. The zero-order chi connectivity index (χ0) is 7.82. The van der Waals surface area contributed by atoms with Crippen LogP contribution in [0.5, 0.6) is 0 Å². The van der Waals surface area contributed by atoms with Gasteiger partial charge in [0.2, 0.25) is 0 Å². The Morgan fingerprint density at radius 2 is 2.40 bits per heavy atom. The van der Waals surface area contributed by atoms with E-state index in [0.717, 1.165) is 19.0 Å². The first-order valence-electron chi connectivity index (χ1n) is 3.61. The Hall–Kier alpha value is 0.0500. The van der Waals surface area contributed by atoms with Crippen LogP contribution in [0.25, 0.3) is 0 Å². The van der Waals surface area contributed by atoms with E-state index >= 15 is 0 Å². The van der Waals surface area contributed by atoms with Gasteiger partial charge in [-0.1, -0.05) is 13.0 Å². The summed E-state index contributed by atoms with van der Waals surface area (Å²) >= 11 is 1.90. The molecule has 0 aromatic heterocycles. The summed E-state index contributed by atoms with van der Waals surface area (Å²) in [7, 11) is 0. The zero-order valence-corrected chi connectivity index (χ0v) is 7.71. The molecule has 0 aliphatic carbocycles. The highest BCUT2D eigenvalue weighted by Crippen LogP contribution is 2.01. The highest BCUT2D eigenvalue weighted by atomic mass is 32.2. The van der Waals surface area contributed by atoms with Crippen LogP contribution in [0, 0.1) is 5.92 Å². The van der Waals surface area contributed by atoms with Crippen LogP contribution < -0.4 is 5.32 Å². The fourth-order valence-electron chi connectivity index (χ4n) is 0.775. The molecule has 0 radical (unpaired) electrons. The summed E-state index contributed by atoms with van der Waals surface area (Å²) in [5.41, 5.74) is 0. The maximum atomic E-state index is 3.64. The Kier molecular flexibility index (Phi) is 7.20. The molecule has 1 atom stereocenters. The molecule has 10 heavy (non-hydrogen) atoms. The van der Waals surface area contributed by atoms with E-state index in [-0.39, 0.29) is 0 Å². The van der Waals surface area contributed by atoms with E-state index in [1.165, 1.54) is 5.75 Å². The van der Waals surface area contributed by atoms with Gasteiger partial charge in [-0.15, -0.1) is 6.58 Å². The van der Waals surface area contributed by atoms with Crippen LogP contribution in [0.4, 0.5) is 0 Å². The van der Waals surface area contributed by atoms with Crippen molar-refractivity contribution < 1.29 is 0 Å². The van der Waals surface area contributed by atoms with Gasteiger partial charge in [-0.25, -0.2) is 0 Å². The Morgan fingerprint density at radius 3 is 2.90 bits per heavy atom. The van der Waals surface area contributed by atoms with Crippen molar-refractivity contribution in [3.8, 4) is 0 Å². The Labute approximate surface area is 68.3 Å². The van der Waals surface area contributed by atoms with Crippen molar-refractivity contribution in [1.29, 1.82) is 0 Å². The predicted octanol–water partition coefficient (Wildman–Crippen LogP) is 1.76. The van der Waals surface area contributed by atoms with Crippen LogP contribution in [0.1, 0.15) is 6.92 Å². The molecule has 1 N–H and O–H groups in total. The quantitative estimate of drug-likeness (QED) is 0.468. The Balaban J connectivity index is 3.04. The smallest absolute Gasteiger partial charge is 0.0132 e. The second kappa shape index (κ2) is 7.16. The van der Waals surface area contributed by atoms with Crippen LogP contribution in [-0.4, -0.2) is 25.1 Å². The first-order chi connectivity index (χ1) is 4.81. The Bertz CT molecular complexity index is 83.3.